The lowest BCUT2D eigenvalue weighted by molar-refractivity contribution is 0.147. The Bertz CT molecular complexity index is 702. The van der Waals surface area contributed by atoms with E-state index >= 15 is 0 Å². The molecule has 0 spiro atoms. The molecule has 0 N–H and O–H groups in total. The lowest BCUT2D eigenvalue weighted by Crippen LogP contribution is -2.36. The zero-order chi connectivity index (χ0) is 17.8. The highest BCUT2D eigenvalue weighted by Gasteiger charge is 2.32. The van der Waals surface area contributed by atoms with Crippen molar-refractivity contribution in [1.29, 1.82) is 0 Å². The normalized spacial score (nSPS) is 21.9. The third-order valence-electron chi connectivity index (χ3n) is 5.76. The smallest absolute Gasteiger partial charge is 0.228 e. The van der Waals surface area contributed by atoms with Crippen LogP contribution in [0.5, 0.6) is 5.88 Å². The van der Waals surface area contributed by atoms with E-state index in [-0.39, 0.29) is 0 Å². The van der Waals surface area contributed by atoms with Gasteiger partial charge in [-0.2, -0.15) is 4.98 Å². The second-order valence-corrected chi connectivity index (χ2v) is 7.37. The van der Waals surface area contributed by atoms with E-state index in [1.54, 1.807) is 19.4 Å². The fourth-order valence-electron chi connectivity index (χ4n) is 4.28. The molecule has 0 unspecified atom stereocenters. The molecule has 0 radical (unpaired) electrons. The van der Waals surface area contributed by atoms with Crippen LogP contribution in [0.25, 0.3) is 0 Å². The lowest BCUT2D eigenvalue weighted by Gasteiger charge is -2.34. The van der Waals surface area contributed by atoms with Gasteiger partial charge >= 0.3 is 0 Å². The van der Waals surface area contributed by atoms with Crippen LogP contribution in [0, 0.1) is 11.8 Å². The van der Waals surface area contributed by atoms with Crippen LogP contribution in [0.4, 0.5) is 5.95 Å². The third-order valence-corrected chi connectivity index (χ3v) is 5.76. The summed E-state index contributed by atoms with van der Waals surface area (Å²) in [6.07, 6.45) is 9.43. The van der Waals surface area contributed by atoms with Gasteiger partial charge < -0.3 is 9.64 Å². The molecule has 2 aromatic heterocycles. The van der Waals surface area contributed by atoms with E-state index in [1.807, 2.05) is 18.5 Å². The van der Waals surface area contributed by atoms with Crippen LogP contribution in [0.1, 0.15) is 24.8 Å². The van der Waals surface area contributed by atoms with Crippen molar-refractivity contribution in [3.05, 3.63) is 42.4 Å². The Balaban J connectivity index is 1.29. The second kappa shape index (κ2) is 7.99. The van der Waals surface area contributed by atoms with Crippen LogP contribution in [0.15, 0.2) is 36.8 Å². The highest BCUT2D eigenvalue weighted by molar-refractivity contribution is 5.33. The van der Waals surface area contributed by atoms with Crippen LogP contribution < -0.4 is 9.64 Å². The van der Waals surface area contributed by atoms with Crippen molar-refractivity contribution in [2.24, 2.45) is 11.8 Å². The van der Waals surface area contributed by atoms with Crippen molar-refractivity contribution < 1.29 is 4.74 Å². The van der Waals surface area contributed by atoms with Gasteiger partial charge in [0.25, 0.3) is 0 Å². The number of methoxy groups -OCH3 is 1. The summed E-state index contributed by atoms with van der Waals surface area (Å²) in [5.74, 6) is 3.02. The predicted molar refractivity (Wildman–Crippen MR) is 101 cm³/mol. The number of rotatable bonds is 5. The Morgan fingerprint density at radius 3 is 2.69 bits per heavy atom. The highest BCUT2D eigenvalue weighted by Crippen LogP contribution is 2.33. The van der Waals surface area contributed by atoms with Crippen molar-refractivity contribution in [2.75, 3.05) is 38.2 Å². The number of ether oxygens (including phenoxy) is 1. The zero-order valence-corrected chi connectivity index (χ0v) is 15.4. The quantitative estimate of drug-likeness (QED) is 0.824. The maximum absolute atomic E-state index is 5.23. The zero-order valence-electron chi connectivity index (χ0n) is 15.4. The first-order valence-corrected chi connectivity index (χ1v) is 9.55. The molecule has 0 aromatic carbocycles. The van der Waals surface area contributed by atoms with Gasteiger partial charge in [-0.3, -0.25) is 9.88 Å². The first kappa shape index (κ1) is 17.2. The van der Waals surface area contributed by atoms with E-state index in [4.69, 9.17) is 4.74 Å². The summed E-state index contributed by atoms with van der Waals surface area (Å²) in [7, 11) is 1.65. The van der Waals surface area contributed by atoms with E-state index in [2.05, 4.69) is 30.8 Å². The van der Waals surface area contributed by atoms with Gasteiger partial charge in [0.2, 0.25) is 11.8 Å². The largest absolute Gasteiger partial charge is 0.481 e. The molecule has 0 aliphatic carbocycles. The van der Waals surface area contributed by atoms with Gasteiger partial charge in [0.15, 0.2) is 0 Å². The molecular formula is C20H27N5O. The minimum Gasteiger partial charge on any atom is -0.481 e. The molecule has 2 aliphatic rings. The summed E-state index contributed by atoms with van der Waals surface area (Å²) < 4.78 is 5.23. The molecule has 26 heavy (non-hydrogen) atoms. The number of likely N-dealkylation sites (tertiary alicyclic amines) is 1. The van der Waals surface area contributed by atoms with Crippen LogP contribution in [-0.2, 0) is 6.54 Å². The Labute approximate surface area is 155 Å². The third kappa shape index (κ3) is 3.96. The Morgan fingerprint density at radius 1 is 1.08 bits per heavy atom. The molecule has 0 saturated carbocycles. The minimum absolute atomic E-state index is 0.641. The Morgan fingerprint density at radius 2 is 1.92 bits per heavy atom. The molecular weight excluding hydrogens is 326 g/mol. The van der Waals surface area contributed by atoms with E-state index in [0.29, 0.717) is 5.88 Å². The predicted octanol–water partition coefficient (Wildman–Crippen LogP) is 2.62. The van der Waals surface area contributed by atoms with Gasteiger partial charge in [-0.1, -0.05) is 6.07 Å². The molecule has 2 fully saturated rings. The standard InChI is InChI=1S/C20H27N5O/c1-26-19-4-9-22-20(23-19)25-12-7-18(15-25)17-5-10-24(11-6-17)14-16-3-2-8-21-13-16/h2-4,8-9,13,17-18H,5-7,10-12,14-15H2,1H3/t18-/m1/s1. The van der Waals surface area contributed by atoms with Gasteiger partial charge in [0.05, 0.1) is 7.11 Å². The SMILES string of the molecule is COc1ccnc(N2CC[C@@H](C3CCN(Cc4cccnc4)CC3)C2)n1. The summed E-state index contributed by atoms with van der Waals surface area (Å²) in [5.41, 5.74) is 1.31. The lowest BCUT2D eigenvalue weighted by atomic mass is 9.83. The van der Waals surface area contributed by atoms with Crippen LogP contribution >= 0.6 is 0 Å². The summed E-state index contributed by atoms with van der Waals surface area (Å²) >= 11 is 0. The monoisotopic (exact) mass is 353 g/mol. The number of pyridine rings is 1. The average Bonchev–Trinajstić information content (AvgIpc) is 3.20. The second-order valence-electron chi connectivity index (χ2n) is 7.37. The topological polar surface area (TPSA) is 54.4 Å². The fourth-order valence-corrected chi connectivity index (χ4v) is 4.28. The molecule has 0 bridgehead atoms. The van der Waals surface area contributed by atoms with Crippen molar-refractivity contribution in [3.8, 4) is 5.88 Å². The van der Waals surface area contributed by atoms with Crippen LogP contribution in [-0.4, -0.2) is 53.1 Å². The minimum atomic E-state index is 0.641. The van der Waals surface area contributed by atoms with Crippen molar-refractivity contribution in [1.82, 2.24) is 19.9 Å². The Kier molecular flexibility index (Phi) is 5.29. The first-order chi connectivity index (χ1) is 12.8. The summed E-state index contributed by atoms with van der Waals surface area (Å²) in [4.78, 5) is 18.0. The number of hydrogen-bond acceptors (Lipinski definition) is 6. The van der Waals surface area contributed by atoms with Crippen molar-refractivity contribution in [2.45, 2.75) is 25.8 Å². The number of aromatic nitrogens is 3. The van der Waals surface area contributed by atoms with Gasteiger partial charge in [0.1, 0.15) is 0 Å². The van der Waals surface area contributed by atoms with E-state index in [0.717, 1.165) is 37.4 Å². The van der Waals surface area contributed by atoms with E-state index < -0.39 is 0 Å². The number of piperidine rings is 1. The van der Waals surface area contributed by atoms with E-state index in [9.17, 15) is 0 Å². The molecule has 6 heteroatoms. The molecule has 2 aromatic rings. The highest BCUT2D eigenvalue weighted by atomic mass is 16.5. The number of hydrogen-bond donors (Lipinski definition) is 0. The Hall–Kier alpha value is -2.21. The van der Waals surface area contributed by atoms with E-state index in [1.165, 1.54) is 37.9 Å². The molecule has 1 atom stereocenters. The molecule has 6 nitrogen and oxygen atoms in total. The summed E-state index contributed by atoms with van der Waals surface area (Å²) in [5, 5.41) is 0. The first-order valence-electron chi connectivity index (χ1n) is 9.55. The number of anilines is 1. The molecule has 2 saturated heterocycles. The molecule has 2 aliphatic heterocycles. The van der Waals surface area contributed by atoms with Crippen LogP contribution in [0.3, 0.4) is 0 Å². The maximum atomic E-state index is 5.23. The van der Waals surface area contributed by atoms with Gasteiger partial charge in [-0.15, -0.1) is 0 Å². The van der Waals surface area contributed by atoms with Gasteiger partial charge in [0, 0.05) is 44.3 Å². The summed E-state index contributed by atoms with van der Waals surface area (Å²) in [6.45, 7) is 5.51. The number of nitrogens with zero attached hydrogens (tertiary/aromatic N) is 5. The molecule has 138 valence electrons. The van der Waals surface area contributed by atoms with Crippen molar-refractivity contribution >= 4 is 5.95 Å². The van der Waals surface area contributed by atoms with Crippen molar-refractivity contribution in [3.63, 3.8) is 0 Å². The maximum Gasteiger partial charge on any atom is 0.228 e. The van der Waals surface area contributed by atoms with Crippen LogP contribution in [0.2, 0.25) is 0 Å². The van der Waals surface area contributed by atoms with Gasteiger partial charge in [-0.05, 0) is 55.8 Å². The van der Waals surface area contributed by atoms with Gasteiger partial charge in [-0.25, -0.2) is 4.98 Å². The molecule has 0 amide bonds. The molecule has 4 rings (SSSR count). The summed E-state index contributed by atoms with van der Waals surface area (Å²) in [6, 6.07) is 5.99. The fraction of sp³-hybridized carbons (Fsp3) is 0.550. The average molecular weight is 353 g/mol. The molecule has 4 heterocycles.